The molecule has 2 N–H and O–H groups in total. The molecule has 0 saturated heterocycles. The van der Waals surface area contributed by atoms with Crippen LogP contribution in [0.25, 0.3) is 6.08 Å². The number of benzene rings is 2. The van der Waals surface area contributed by atoms with Gasteiger partial charge in [-0.2, -0.15) is 10.1 Å². The van der Waals surface area contributed by atoms with Crippen LogP contribution in [0.1, 0.15) is 22.8 Å². The average Bonchev–Trinajstić information content (AvgIpc) is 2.85. The minimum atomic E-state index is -1.03. The molecule has 3 rings (SSSR count). The third-order valence-electron chi connectivity index (χ3n) is 3.66. The molecule has 1 amide bonds. The van der Waals surface area contributed by atoms with Crippen LogP contribution in [0.2, 0.25) is 0 Å². The fourth-order valence-electron chi connectivity index (χ4n) is 2.37. The highest BCUT2D eigenvalue weighted by Crippen LogP contribution is 2.27. The summed E-state index contributed by atoms with van der Waals surface area (Å²) >= 11 is 0. The van der Waals surface area contributed by atoms with E-state index in [1.54, 1.807) is 37.3 Å². The second-order valence-corrected chi connectivity index (χ2v) is 5.27. The van der Waals surface area contributed by atoms with Gasteiger partial charge in [-0.25, -0.2) is 4.79 Å². The molecule has 2 aromatic carbocycles. The number of anilines is 1. The van der Waals surface area contributed by atoms with Crippen molar-refractivity contribution in [1.29, 1.82) is 0 Å². The Kier molecular flexibility index (Phi) is 3.87. The second kappa shape index (κ2) is 6.00. The number of phenolic OH excluding ortho intramolecular Hbond substituents is 1. The molecule has 120 valence electrons. The van der Waals surface area contributed by atoms with Gasteiger partial charge in [-0.3, -0.25) is 4.79 Å². The van der Waals surface area contributed by atoms with Crippen molar-refractivity contribution in [3.8, 4) is 5.75 Å². The van der Waals surface area contributed by atoms with E-state index in [2.05, 4.69) is 5.10 Å². The van der Waals surface area contributed by atoms with Crippen LogP contribution in [-0.4, -0.2) is 27.8 Å². The summed E-state index contributed by atoms with van der Waals surface area (Å²) in [5.74, 6) is -1.29. The van der Waals surface area contributed by atoms with Gasteiger partial charge in [-0.1, -0.05) is 18.2 Å². The normalized spacial score (nSPS) is 15.7. The van der Waals surface area contributed by atoms with Gasteiger partial charge in [0.25, 0.3) is 5.91 Å². The first-order valence-electron chi connectivity index (χ1n) is 7.20. The number of hydrogen-bond donors (Lipinski definition) is 2. The predicted octanol–water partition coefficient (Wildman–Crippen LogP) is 2.90. The lowest BCUT2D eigenvalue weighted by molar-refractivity contribution is -0.114. The number of amides is 1. The number of carbonyl (C=O) groups is 2. The van der Waals surface area contributed by atoms with Crippen LogP contribution in [-0.2, 0) is 4.79 Å². The van der Waals surface area contributed by atoms with Gasteiger partial charge in [-0.05, 0) is 43.3 Å². The van der Waals surface area contributed by atoms with Gasteiger partial charge in [0.2, 0.25) is 0 Å². The number of phenols is 1. The number of hydrazone groups is 1. The number of aromatic hydroxyl groups is 1. The van der Waals surface area contributed by atoms with E-state index in [1.807, 2.05) is 0 Å². The van der Waals surface area contributed by atoms with Crippen molar-refractivity contribution in [2.75, 3.05) is 5.01 Å². The Morgan fingerprint density at radius 3 is 2.42 bits per heavy atom. The Morgan fingerprint density at radius 2 is 1.79 bits per heavy atom. The highest BCUT2D eigenvalue weighted by atomic mass is 16.4. The standard InChI is InChI=1S/C18H14N2O4/c1-11-15(10-13-4-2-3-5-16(13)21)17(22)20(19-11)14-8-6-12(7-9-14)18(23)24/h2-10,21H,1H3,(H,23,24)/b15-10-. The van der Waals surface area contributed by atoms with Gasteiger partial charge in [0.05, 0.1) is 22.5 Å². The largest absolute Gasteiger partial charge is 0.507 e. The Morgan fingerprint density at radius 1 is 1.12 bits per heavy atom. The lowest BCUT2D eigenvalue weighted by atomic mass is 10.1. The summed E-state index contributed by atoms with van der Waals surface area (Å²) in [6, 6.07) is 12.6. The van der Waals surface area contributed by atoms with E-state index in [4.69, 9.17) is 5.11 Å². The number of carboxylic acids is 1. The van der Waals surface area contributed by atoms with E-state index in [0.717, 1.165) is 0 Å². The molecule has 24 heavy (non-hydrogen) atoms. The molecule has 0 fully saturated rings. The Bertz CT molecular complexity index is 882. The van der Waals surface area contributed by atoms with E-state index in [1.165, 1.54) is 29.3 Å². The van der Waals surface area contributed by atoms with E-state index in [-0.39, 0.29) is 17.2 Å². The van der Waals surface area contributed by atoms with Crippen molar-refractivity contribution in [2.24, 2.45) is 5.10 Å². The maximum atomic E-state index is 12.6. The molecular formula is C18H14N2O4. The first-order valence-corrected chi connectivity index (χ1v) is 7.20. The first kappa shape index (κ1) is 15.5. The lowest BCUT2D eigenvalue weighted by Gasteiger charge is -2.11. The minimum absolute atomic E-state index is 0.0786. The Hall–Kier alpha value is -3.41. The molecule has 6 heteroatoms. The van der Waals surface area contributed by atoms with Crippen LogP contribution >= 0.6 is 0 Å². The number of rotatable bonds is 3. The number of carbonyl (C=O) groups excluding carboxylic acids is 1. The maximum Gasteiger partial charge on any atom is 0.335 e. The number of para-hydroxylation sites is 1. The third-order valence-corrected chi connectivity index (χ3v) is 3.66. The number of carboxylic acid groups (broad SMARTS) is 1. The molecule has 0 atom stereocenters. The zero-order chi connectivity index (χ0) is 17.3. The maximum absolute atomic E-state index is 12.6. The molecule has 1 aliphatic heterocycles. The van der Waals surface area contributed by atoms with Crippen molar-refractivity contribution >= 4 is 29.4 Å². The molecule has 1 heterocycles. The molecule has 1 aliphatic rings. The van der Waals surface area contributed by atoms with Crippen LogP contribution in [0.4, 0.5) is 5.69 Å². The summed E-state index contributed by atoms with van der Waals surface area (Å²) in [5, 5.41) is 24.2. The second-order valence-electron chi connectivity index (χ2n) is 5.27. The monoisotopic (exact) mass is 322 g/mol. The van der Waals surface area contributed by atoms with Gasteiger partial charge in [0, 0.05) is 5.56 Å². The van der Waals surface area contributed by atoms with Crippen LogP contribution in [0.3, 0.4) is 0 Å². The quantitative estimate of drug-likeness (QED) is 0.850. The summed E-state index contributed by atoms with van der Waals surface area (Å²) in [6.45, 7) is 1.70. The fraction of sp³-hybridized carbons (Fsp3) is 0.0556. The first-order chi connectivity index (χ1) is 11.5. The predicted molar refractivity (Wildman–Crippen MR) is 90.1 cm³/mol. The molecule has 0 unspecified atom stereocenters. The molecule has 0 bridgehead atoms. The van der Waals surface area contributed by atoms with Gasteiger partial charge < -0.3 is 10.2 Å². The topological polar surface area (TPSA) is 90.2 Å². The molecule has 0 aliphatic carbocycles. The number of hydrogen-bond acceptors (Lipinski definition) is 4. The zero-order valence-electron chi connectivity index (χ0n) is 12.8. The van der Waals surface area contributed by atoms with Crippen LogP contribution in [0, 0.1) is 0 Å². The smallest absolute Gasteiger partial charge is 0.335 e. The summed E-state index contributed by atoms with van der Waals surface area (Å²) in [5.41, 5.74) is 2.03. The van der Waals surface area contributed by atoms with Gasteiger partial charge in [0.1, 0.15) is 5.75 Å². The molecular weight excluding hydrogens is 308 g/mol. The van der Waals surface area contributed by atoms with Crippen molar-refractivity contribution < 1.29 is 19.8 Å². The van der Waals surface area contributed by atoms with E-state index in [9.17, 15) is 14.7 Å². The minimum Gasteiger partial charge on any atom is -0.507 e. The zero-order valence-corrected chi connectivity index (χ0v) is 12.8. The molecule has 2 aromatic rings. The molecule has 0 saturated carbocycles. The molecule has 0 spiro atoms. The summed E-state index contributed by atoms with van der Waals surface area (Å²) < 4.78 is 0. The highest BCUT2D eigenvalue weighted by molar-refractivity contribution is 6.32. The van der Waals surface area contributed by atoms with Crippen molar-refractivity contribution in [2.45, 2.75) is 6.92 Å². The fourth-order valence-corrected chi connectivity index (χ4v) is 2.37. The van der Waals surface area contributed by atoms with Crippen molar-refractivity contribution in [1.82, 2.24) is 0 Å². The highest BCUT2D eigenvalue weighted by Gasteiger charge is 2.29. The summed E-state index contributed by atoms with van der Waals surface area (Å²) in [7, 11) is 0. The van der Waals surface area contributed by atoms with Crippen LogP contribution in [0.15, 0.2) is 59.2 Å². The average molecular weight is 322 g/mol. The van der Waals surface area contributed by atoms with E-state index in [0.29, 0.717) is 22.5 Å². The lowest BCUT2D eigenvalue weighted by Crippen LogP contribution is -2.21. The van der Waals surface area contributed by atoms with E-state index >= 15 is 0 Å². The number of aromatic carboxylic acids is 1. The SMILES string of the molecule is CC1=NN(c2ccc(C(=O)O)cc2)C(=O)/C1=C\c1ccccc1O. The summed E-state index contributed by atoms with van der Waals surface area (Å²) in [4.78, 5) is 23.5. The Balaban J connectivity index is 1.93. The van der Waals surface area contributed by atoms with Crippen LogP contribution in [0.5, 0.6) is 5.75 Å². The van der Waals surface area contributed by atoms with Crippen molar-refractivity contribution in [3.05, 3.63) is 65.2 Å². The van der Waals surface area contributed by atoms with Gasteiger partial charge >= 0.3 is 5.97 Å². The third kappa shape index (κ3) is 2.77. The molecule has 0 aromatic heterocycles. The van der Waals surface area contributed by atoms with E-state index < -0.39 is 5.97 Å². The van der Waals surface area contributed by atoms with Crippen molar-refractivity contribution in [3.63, 3.8) is 0 Å². The van der Waals surface area contributed by atoms with Crippen LogP contribution < -0.4 is 5.01 Å². The Labute approximate surface area is 138 Å². The van der Waals surface area contributed by atoms with Gasteiger partial charge in [0.15, 0.2) is 0 Å². The van der Waals surface area contributed by atoms with Gasteiger partial charge in [-0.15, -0.1) is 0 Å². The molecule has 6 nitrogen and oxygen atoms in total. The number of nitrogens with zero attached hydrogens (tertiary/aromatic N) is 2. The molecule has 0 radical (unpaired) electrons. The summed E-state index contributed by atoms with van der Waals surface area (Å²) in [6.07, 6.45) is 1.59.